The minimum absolute atomic E-state index is 0.0516. The van der Waals surface area contributed by atoms with Gasteiger partial charge in [-0.25, -0.2) is 4.79 Å². The molecule has 0 spiro atoms. The number of ether oxygens (including phenoxy) is 3. The molecule has 4 aliphatic carbocycles. The number of cyclic esters (lactones) is 1. The fourth-order valence-electron chi connectivity index (χ4n) is 9.87. The number of fused-ring (bicyclic) bond motifs is 5. The van der Waals surface area contributed by atoms with E-state index in [0.717, 1.165) is 18.4 Å². The Balaban J connectivity index is 1.22. The Morgan fingerprint density at radius 2 is 1.77 bits per heavy atom. The van der Waals surface area contributed by atoms with Crippen LogP contribution in [-0.2, 0) is 23.8 Å². The first-order valence-corrected chi connectivity index (χ1v) is 14.6. The van der Waals surface area contributed by atoms with E-state index in [0.29, 0.717) is 44.9 Å². The summed E-state index contributed by atoms with van der Waals surface area (Å²) in [5.41, 5.74) is -1.44. The van der Waals surface area contributed by atoms with Crippen molar-refractivity contribution in [2.75, 3.05) is 6.61 Å². The van der Waals surface area contributed by atoms with Crippen LogP contribution in [0.1, 0.15) is 71.6 Å². The Morgan fingerprint density at radius 3 is 2.46 bits per heavy atom. The molecule has 39 heavy (non-hydrogen) atoms. The van der Waals surface area contributed by atoms with E-state index < -0.39 is 53.1 Å². The first-order chi connectivity index (χ1) is 18.4. The summed E-state index contributed by atoms with van der Waals surface area (Å²) in [6, 6.07) is 0. The minimum atomic E-state index is -1.39. The van der Waals surface area contributed by atoms with Gasteiger partial charge in [0.2, 0.25) is 0 Å². The van der Waals surface area contributed by atoms with Crippen LogP contribution in [0.4, 0.5) is 0 Å². The third-order valence-corrected chi connectivity index (χ3v) is 12.0. The molecule has 0 aromatic heterocycles. The van der Waals surface area contributed by atoms with Crippen molar-refractivity contribution in [2.24, 2.45) is 34.5 Å². The molecule has 5 N–H and O–H groups in total. The molecule has 0 aromatic rings. The van der Waals surface area contributed by atoms with Gasteiger partial charge < -0.3 is 39.7 Å². The van der Waals surface area contributed by atoms with Gasteiger partial charge in [0.25, 0.3) is 0 Å². The largest absolute Gasteiger partial charge is 0.481 e. The first-order valence-electron chi connectivity index (χ1n) is 14.6. The van der Waals surface area contributed by atoms with Gasteiger partial charge in [-0.2, -0.15) is 0 Å². The van der Waals surface area contributed by atoms with Gasteiger partial charge in [-0.3, -0.25) is 4.79 Å². The number of carbonyl (C=O) groups is 2. The molecule has 0 amide bonds. The summed E-state index contributed by atoms with van der Waals surface area (Å²) in [5.74, 6) is -1.51. The number of esters is 1. The van der Waals surface area contributed by atoms with Crippen LogP contribution in [-0.4, -0.2) is 86.5 Å². The Labute approximate surface area is 228 Å². The molecule has 2 heterocycles. The number of aliphatic hydroxyl groups is 4. The van der Waals surface area contributed by atoms with Crippen molar-refractivity contribution in [3.63, 3.8) is 0 Å². The van der Waals surface area contributed by atoms with Crippen LogP contribution in [0.5, 0.6) is 0 Å². The molecule has 13 atom stereocenters. The van der Waals surface area contributed by atoms with Gasteiger partial charge in [0, 0.05) is 11.5 Å². The topological polar surface area (TPSA) is 163 Å². The lowest BCUT2D eigenvalue weighted by Crippen LogP contribution is -2.65. The van der Waals surface area contributed by atoms with Crippen LogP contribution < -0.4 is 0 Å². The van der Waals surface area contributed by atoms with E-state index in [-0.39, 0.29) is 42.4 Å². The van der Waals surface area contributed by atoms with Crippen LogP contribution >= 0.6 is 0 Å². The number of carboxylic acid groups (broad SMARTS) is 1. The molecule has 0 bridgehead atoms. The molecule has 218 valence electrons. The minimum Gasteiger partial charge on any atom is -0.481 e. The summed E-state index contributed by atoms with van der Waals surface area (Å²) in [6.45, 7) is 4.01. The van der Waals surface area contributed by atoms with Crippen LogP contribution in [0.15, 0.2) is 11.6 Å². The third kappa shape index (κ3) is 3.89. The molecular formula is C29H42O10. The standard InChI is InChI=1S/C29H42O10/c1-14-22(31)23(32)24(33)25(38-14)39-17-5-9-28(26(34)35)16(12-17)3-4-20-19(28)6-8-27(2)18(7-10-29(20,27)36)15-11-21(30)37-13-15/h11,14,16-20,22-25,31-33,36H,3-10,12-13H2,1-2H3,(H,34,35)/t14-,16-,17-,18+,19-,20+,22-,23+,24+,25-,27+,28+,29-/m0/s1. The van der Waals surface area contributed by atoms with E-state index in [4.69, 9.17) is 14.2 Å². The Morgan fingerprint density at radius 1 is 1.00 bits per heavy atom. The number of hydrogen-bond acceptors (Lipinski definition) is 9. The molecule has 5 fully saturated rings. The van der Waals surface area contributed by atoms with Crippen LogP contribution in [0.3, 0.4) is 0 Å². The molecule has 6 rings (SSSR count). The Hall–Kier alpha value is -1.56. The SMILES string of the molecule is C[C@@H]1O[C@@H](O[C@H]2CC[C@@]3(C(=O)O)[C@@H](CC[C@@H]4[C@@H]3CC[C@]3(C)[C@@H](C5=CC(=O)OC5)CC[C@]43O)C2)[C@H](O)[C@H](O)[C@H]1O. The molecule has 2 aliphatic heterocycles. The van der Waals surface area contributed by atoms with E-state index in [1.807, 2.05) is 0 Å². The molecule has 10 heteroatoms. The lowest BCUT2D eigenvalue weighted by atomic mass is 9.42. The van der Waals surface area contributed by atoms with Crippen LogP contribution in [0.25, 0.3) is 0 Å². The molecule has 10 nitrogen and oxygen atoms in total. The average molecular weight is 551 g/mol. The van der Waals surface area contributed by atoms with E-state index in [1.54, 1.807) is 13.0 Å². The Kier molecular flexibility index (Phi) is 6.72. The van der Waals surface area contributed by atoms with Gasteiger partial charge in [0.05, 0.1) is 23.2 Å². The average Bonchev–Trinajstić information content (AvgIpc) is 3.45. The smallest absolute Gasteiger partial charge is 0.331 e. The maximum absolute atomic E-state index is 13.1. The second-order valence-corrected chi connectivity index (χ2v) is 13.3. The summed E-state index contributed by atoms with van der Waals surface area (Å²) in [6.07, 6.45) is 0.990. The summed E-state index contributed by atoms with van der Waals surface area (Å²) in [5, 5.41) is 53.7. The zero-order chi connectivity index (χ0) is 27.9. The highest BCUT2D eigenvalue weighted by atomic mass is 16.7. The molecule has 1 saturated heterocycles. The van der Waals surface area contributed by atoms with Crippen molar-refractivity contribution >= 4 is 11.9 Å². The second kappa shape index (κ2) is 9.49. The van der Waals surface area contributed by atoms with E-state index in [1.165, 1.54) is 0 Å². The van der Waals surface area contributed by atoms with Crippen molar-refractivity contribution in [1.82, 2.24) is 0 Å². The van der Waals surface area contributed by atoms with Crippen molar-refractivity contribution in [2.45, 2.75) is 114 Å². The zero-order valence-electron chi connectivity index (χ0n) is 22.7. The van der Waals surface area contributed by atoms with Gasteiger partial charge in [0.1, 0.15) is 24.9 Å². The highest BCUT2D eigenvalue weighted by Gasteiger charge is 2.70. The van der Waals surface area contributed by atoms with Crippen molar-refractivity contribution in [3.8, 4) is 0 Å². The normalized spacial score (nSPS) is 53.3. The van der Waals surface area contributed by atoms with E-state index in [9.17, 15) is 35.1 Å². The van der Waals surface area contributed by atoms with Gasteiger partial charge in [-0.1, -0.05) is 6.92 Å². The lowest BCUT2D eigenvalue weighted by Gasteiger charge is -2.63. The second-order valence-electron chi connectivity index (χ2n) is 13.3. The predicted octanol–water partition coefficient (Wildman–Crippen LogP) is 1.52. The Bertz CT molecular complexity index is 1050. The fraction of sp³-hybridized carbons (Fsp3) is 0.862. The number of aliphatic carboxylic acids is 1. The summed E-state index contributed by atoms with van der Waals surface area (Å²) >= 11 is 0. The molecular weight excluding hydrogens is 508 g/mol. The highest BCUT2D eigenvalue weighted by Crippen LogP contribution is 2.70. The van der Waals surface area contributed by atoms with Crippen molar-refractivity contribution in [3.05, 3.63) is 11.6 Å². The van der Waals surface area contributed by atoms with Crippen molar-refractivity contribution in [1.29, 1.82) is 0 Å². The van der Waals surface area contributed by atoms with Crippen LogP contribution in [0.2, 0.25) is 0 Å². The van der Waals surface area contributed by atoms with Crippen LogP contribution in [0, 0.1) is 34.5 Å². The summed E-state index contributed by atoms with van der Waals surface area (Å²) < 4.78 is 16.9. The van der Waals surface area contributed by atoms with E-state index in [2.05, 4.69) is 6.92 Å². The monoisotopic (exact) mass is 550 g/mol. The number of rotatable bonds is 4. The molecule has 0 aromatic carbocycles. The lowest BCUT2D eigenvalue weighted by molar-refractivity contribution is -0.310. The number of aliphatic hydroxyl groups excluding tert-OH is 3. The fourth-order valence-corrected chi connectivity index (χ4v) is 9.87. The predicted molar refractivity (Wildman–Crippen MR) is 135 cm³/mol. The van der Waals surface area contributed by atoms with Gasteiger partial charge >= 0.3 is 11.9 Å². The quantitative estimate of drug-likeness (QED) is 0.256. The summed E-state index contributed by atoms with van der Waals surface area (Å²) in [7, 11) is 0. The number of carbonyl (C=O) groups excluding carboxylic acids is 1. The molecule has 4 saturated carbocycles. The zero-order valence-corrected chi connectivity index (χ0v) is 22.7. The molecule has 6 aliphatic rings. The number of carboxylic acids is 1. The van der Waals surface area contributed by atoms with E-state index >= 15 is 0 Å². The maximum Gasteiger partial charge on any atom is 0.331 e. The van der Waals surface area contributed by atoms with Crippen molar-refractivity contribution < 1.29 is 49.3 Å². The van der Waals surface area contributed by atoms with Gasteiger partial charge in [-0.05, 0) is 94.0 Å². The number of hydrogen-bond donors (Lipinski definition) is 5. The highest BCUT2D eigenvalue weighted by molar-refractivity contribution is 5.85. The van der Waals surface area contributed by atoms with Gasteiger partial charge in [-0.15, -0.1) is 0 Å². The first kappa shape index (κ1) is 27.6. The maximum atomic E-state index is 13.1. The third-order valence-electron chi connectivity index (χ3n) is 12.0. The molecule has 0 unspecified atom stereocenters. The van der Waals surface area contributed by atoms with Gasteiger partial charge in [0.15, 0.2) is 6.29 Å². The summed E-state index contributed by atoms with van der Waals surface area (Å²) in [4.78, 5) is 24.9. The molecule has 0 radical (unpaired) electrons.